The molecule has 0 saturated heterocycles. The molecule has 1 amide bonds. The third kappa shape index (κ3) is 3.39. The number of esters is 1. The number of methoxy groups -OCH3 is 1. The van der Waals surface area contributed by atoms with Gasteiger partial charge >= 0.3 is 5.97 Å². The van der Waals surface area contributed by atoms with Crippen LogP contribution in [0.4, 0.5) is 5.69 Å². The van der Waals surface area contributed by atoms with Crippen molar-refractivity contribution in [1.29, 1.82) is 0 Å². The Labute approximate surface area is 132 Å². The minimum absolute atomic E-state index is 0.250. The maximum absolute atomic E-state index is 12.1. The van der Waals surface area contributed by atoms with Crippen LogP contribution in [-0.4, -0.2) is 19.0 Å². The summed E-state index contributed by atoms with van der Waals surface area (Å²) in [6.45, 7) is 0. The molecule has 2 aromatic rings. The minimum Gasteiger partial charge on any atom is -0.465 e. The van der Waals surface area contributed by atoms with E-state index in [1.54, 1.807) is 17.5 Å². The molecule has 1 aromatic heterocycles. The summed E-state index contributed by atoms with van der Waals surface area (Å²) in [6, 6.07) is 6.27. The van der Waals surface area contributed by atoms with Gasteiger partial charge in [-0.05, 0) is 40.2 Å². The van der Waals surface area contributed by atoms with E-state index in [2.05, 4.69) is 26.0 Å². The Morgan fingerprint density at radius 1 is 1.35 bits per heavy atom. The first-order valence-corrected chi connectivity index (χ1v) is 7.49. The molecule has 1 N–H and O–H groups in total. The fourth-order valence-electron chi connectivity index (χ4n) is 1.53. The number of anilines is 1. The number of benzene rings is 1. The molecule has 0 bridgehead atoms. The quantitative estimate of drug-likeness (QED) is 0.819. The van der Waals surface area contributed by atoms with Crippen molar-refractivity contribution < 1.29 is 14.3 Å². The van der Waals surface area contributed by atoms with E-state index in [9.17, 15) is 9.59 Å². The first-order chi connectivity index (χ1) is 9.51. The molecule has 1 heterocycles. The van der Waals surface area contributed by atoms with E-state index in [4.69, 9.17) is 11.6 Å². The Morgan fingerprint density at radius 3 is 2.70 bits per heavy atom. The van der Waals surface area contributed by atoms with Crippen LogP contribution in [-0.2, 0) is 4.74 Å². The molecule has 0 radical (unpaired) electrons. The summed E-state index contributed by atoms with van der Waals surface area (Å²) in [7, 11) is 1.28. The smallest absolute Gasteiger partial charge is 0.339 e. The van der Waals surface area contributed by atoms with Crippen molar-refractivity contribution in [1.82, 2.24) is 0 Å². The fourth-order valence-corrected chi connectivity index (χ4v) is 2.84. The normalized spacial score (nSPS) is 10.2. The zero-order valence-electron chi connectivity index (χ0n) is 10.3. The van der Waals surface area contributed by atoms with Gasteiger partial charge in [-0.2, -0.15) is 0 Å². The van der Waals surface area contributed by atoms with Gasteiger partial charge in [0.15, 0.2) is 0 Å². The van der Waals surface area contributed by atoms with Gasteiger partial charge in [-0.1, -0.05) is 11.6 Å². The van der Waals surface area contributed by atoms with Crippen molar-refractivity contribution >= 4 is 56.4 Å². The lowest BCUT2D eigenvalue weighted by Gasteiger charge is -2.09. The maximum Gasteiger partial charge on any atom is 0.339 e. The van der Waals surface area contributed by atoms with Crippen LogP contribution < -0.4 is 5.32 Å². The topological polar surface area (TPSA) is 55.4 Å². The average Bonchev–Trinajstić information content (AvgIpc) is 2.85. The Bertz CT molecular complexity index is 671. The zero-order valence-corrected chi connectivity index (χ0v) is 13.4. The molecule has 1 aromatic carbocycles. The molecular weight excluding hydrogens is 366 g/mol. The Morgan fingerprint density at radius 2 is 2.10 bits per heavy atom. The maximum atomic E-state index is 12.1. The van der Waals surface area contributed by atoms with E-state index < -0.39 is 5.97 Å². The summed E-state index contributed by atoms with van der Waals surface area (Å²) in [6.07, 6.45) is 0. The first-order valence-electron chi connectivity index (χ1n) is 5.44. The van der Waals surface area contributed by atoms with Gasteiger partial charge in [0.2, 0.25) is 0 Å². The molecule has 0 aliphatic carbocycles. The van der Waals surface area contributed by atoms with Gasteiger partial charge in [0, 0.05) is 10.4 Å². The molecule has 0 aliphatic heterocycles. The lowest BCUT2D eigenvalue weighted by atomic mass is 10.1. The Kier molecular flexibility index (Phi) is 4.80. The minimum atomic E-state index is -0.538. The second kappa shape index (κ2) is 6.39. The molecule has 0 unspecified atom stereocenters. The standard InChI is InChI=1S/C13H9BrClNO3S/c1-19-13(18)9-3-2-8(15)5-10(9)16-12(17)7-4-11(14)20-6-7/h2-6H,1H3,(H,16,17). The van der Waals surface area contributed by atoms with Gasteiger partial charge in [-0.25, -0.2) is 4.79 Å². The van der Waals surface area contributed by atoms with E-state index in [0.29, 0.717) is 16.3 Å². The third-order valence-electron chi connectivity index (χ3n) is 2.46. The molecule has 0 fully saturated rings. The molecule has 0 spiro atoms. The second-order valence-corrected chi connectivity index (χ2v) is 6.50. The number of nitrogens with one attached hydrogen (secondary N) is 1. The number of carbonyl (C=O) groups is 2. The monoisotopic (exact) mass is 373 g/mol. The van der Waals surface area contributed by atoms with Gasteiger partial charge in [0.25, 0.3) is 5.91 Å². The van der Waals surface area contributed by atoms with Crippen LogP contribution in [0.2, 0.25) is 5.02 Å². The van der Waals surface area contributed by atoms with Gasteiger partial charge in [-0.15, -0.1) is 11.3 Å². The lowest BCUT2D eigenvalue weighted by molar-refractivity contribution is 0.0602. The van der Waals surface area contributed by atoms with Gasteiger partial charge in [0.1, 0.15) is 0 Å². The van der Waals surface area contributed by atoms with Crippen LogP contribution in [0, 0.1) is 0 Å². The molecule has 4 nitrogen and oxygen atoms in total. The summed E-state index contributed by atoms with van der Waals surface area (Å²) < 4.78 is 5.52. The molecular formula is C13H9BrClNO3S. The van der Waals surface area contributed by atoms with Crippen LogP contribution >= 0.6 is 38.9 Å². The van der Waals surface area contributed by atoms with Crippen LogP contribution in [0.15, 0.2) is 33.4 Å². The molecule has 0 saturated carbocycles. The summed E-state index contributed by atoms with van der Waals surface area (Å²) in [5.74, 6) is -0.858. The molecule has 2 rings (SSSR count). The summed E-state index contributed by atoms with van der Waals surface area (Å²) in [5.41, 5.74) is 1.06. The number of thiophene rings is 1. The third-order valence-corrected chi connectivity index (χ3v) is 4.20. The highest BCUT2D eigenvalue weighted by atomic mass is 79.9. The van der Waals surface area contributed by atoms with Crippen LogP contribution in [0.5, 0.6) is 0 Å². The molecule has 104 valence electrons. The van der Waals surface area contributed by atoms with Crippen molar-refractivity contribution in [3.63, 3.8) is 0 Å². The molecule has 0 aliphatic rings. The Hall–Kier alpha value is -1.37. The molecule has 0 atom stereocenters. The lowest BCUT2D eigenvalue weighted by Crippen LogP contribution is -2.14. The van der Waals surface area contributed by atoms with E-state index in [1.165, 1.54) is 30.6 Å². The van der Waals surface area contributed by atoms with Gasteiger partial charge < -0.3 is 10.1 Å². The van der Waals surface area contributed by atoms with E-state index in [0.717, 1.165) is 3.79 Å². The number of hydrogen-bond donors (Lipinski definition) is 1. The SMILES string of the molecule is COC(=O)c1ccc(Cl)cc1NC(=O)c1csc(Br)c1. The molecule has 20 heavy (non-hydrogen) atoms. The number of carbonyl (C=O) groups excluding carboxylic acids is 2. The highest BCUT2D eigenvalue weighted by Crippen LogP contribution is 2.25. The summed E-state index contributed by atoms with van der Waals surface area (Å²) in [5, 5.41) is 4.78. The van der Waals surface area contributed by atoms with E-state index in [1.807, 2.05) is 0 Å². The summed E-state index contributed by atoms with van der Waals surface area (Å²) in [4.78, 5) is 23.7. The first kappa shape index (κ1) is 15.0. The van der Waals surface area contributed by atoms with Crippen molar-refractivity contribution in [3.05, 3.63) is 49.6 Å². The fraction of sp³-hybridized carbons (Fsp3) is 0.0769. The van der Waals surface area contributed by atoms with Crippen molar-refractivity contribution in [2.24, 2.45) is 0 Å². The number of hydrogen-bond acceptors (Lipinski definition) is 4. The van der Waals surface area contributed by atoms with Crippen LogP contribution in [0.25, 0.3) is 0 Å². The van der Waals surface area contributed by atoms with Crippen molar-refractivity contribution in [2.75, 3.05) is 12.4 Å². The Balaban J connectivity index is 2.30. The van der Waals surface area contributed by atoms with Crippen LogP contribution in [0.1, 0.15) is 20.7 Å². The van der Waals surface area contributed by atoms with E-state index >= 15 is 0 Å². The number of amides is 1. The van der Waals surface area contributed by atoms with Crippen LogP contribution in [0.3, 0.4) is 0 Å². The zero-order chi connectivity index (χ0) is 14.7. The summed E-state index contributed by atoms with van der Waals surface area (Å²) >= 11 is 10.6. The highest BCUT2D eigenvalue weighted by molar-refractivity contribution is 9.11. The number of halogens is 2. The number of rotatable bonds is 3. The highest BCUT2D eigenvalue weighted by Gasteiger charge is 2.16. The van der Waals surface area contributed by atoms with Crippen molar-refractivity contribution in [2.45, 2.75) is 0 Å². The molecule has 7 heteroatoms. The predicted molar refractivity (Wildman–Crippen MR) is 82.8 cm³/mol. The average molecular weight is 375 g/mol. The van der Waals surface area contributed by atoms with Gasteiger partial charge in [-0.3, -0.25) is 4.79 Å². The van der Waals surface area contributed by atoms with E-state index in [-0.39, 0.29) is 11.5 Å². The largest absolute Gasteiger partial charge is 0.465 e. The predicted octanol–water partition coefficient (Wildman–Crippen LogP) is 4.20. The van der Waals surface area contributed by atoms with Gasteiger partial charge in [0.05, 0.1) is 27.7 Å². The second-order valence-electron chi connectivity index (χ2n) is 3.78. The van der Waals surface area contributed by atoms with Crippen molar-refractivity contribution in [3.8, 4) is 0 Å². The number of ether oxygens (including phenoxy) is 1.